The molecule has 1 heterocycles. The summed E-state index contributed by atoms with van der Waals surface area (Å²) in [6, 6.07) is 0. The van der Waals surface area contributed by atoms with E-state index in [-0.39, 0.29) is 10.0 Å². The van der Waals surface area contributed by atoms with Gasteiger partial charge in [0.15, 0.2) is 0 Å². The fourth-order valence-corrected chi connectivity index (χ4v) is 2.63. The summed E-state index contributed by atoms with van der Waals surface area (Å²) in [7, 11) is -0.353. The topological polar surface area (TPSA) is 12.5 Å². The van der Waals surface area contributed by atoms with Gasteiger partial charge in [0.1, 0.15) is 0 Å². The van der Waals surface area contributed by atoms with Crippen LogP contribution < -0.4 is 0 Å². The quantitative estimate of drug-likeness (QED) is 0.623. The van der Waals surface area contributed by atoms with Crippen LogP contribution >= 0.6 is 10.0 Å². The van der Waals surface area contributed by atoms with Crippen molar-refractivity contribution in [2.45, 2.75) is 0 Å². The third-order valence-corrected chi connectivity index (χ3v) is 2.81. The van der Waals surface area contributed by atoms with E-state index in [9.17, 15) is 0 Å². The Hall–Kier alpha value is 0.270. The molecule has 1 aliphatic heterocycles. The third kappa shape index (κ3) is 3.99. The standard InChI is InChI=1S/C8H19NOS/c1-11(2,3)8-9-4-6-10-7-5-9/h4-8H2,1-3H3. The van der Waals surface area contributed by atoms with Crippen LogP contribution in [0.4, 0.5) is 0 Å². The van der Waals surface area contributed by atoms with Gasteiger partial charge in [-0.05, 0) is 18.8 Å². The molecule has 0 aromatic heterocycles. The highest BCUT2D eigenvalue weighted by Gasteiger charge is 2.14. The molecule has 0 spiro atoms. The minimum Gasteiger partial charge on any atom is -0.379 e. The molecule has 0 amide bonds. The summed E-state index contributed by atoms with van der Waals surface area (Å²) in [6.45, 7) is 4.11. The lowest BCUT2D eigenvalue weighted by molar-refractivity contribution is 0.0470. The van der Waals surface area contributed by atoms with E-state index in [1.165, 1.54) is 5.88 Å². The van der Waals surface area contributed by atoms with Crippen molar-refractivity contribution in [3.8, 4) is 0 Å². The van der Waals surface area contributed by atoms with Crippen molar-refractivity contribution in [3.63, 3.8) is 0 Å². The number of ether oxygens (including phenoxy) is 1. The maximum Gasteiger partial charge on any atom is 0.0594 e. The normalized spacial score (nSPS) is 23.5. The van der Waals surface area contributed by atoms with Crippen molar-refractivity contribution in [3.05, 3.63) is 0 Å². The summed E-state index contributed by atoms with van der Waals surface area (Å²) < 4.78 is 5.28. The molecule has 11 heavy (non-hydrogen) atoms. The second-order valence-electron chi connectivity index (χ2n) is 3.95. The summed E-state index contributed by atoms with van der Waals surface area (Å²) in [4.78, 5) is 2.51. The molecule has 1 rings (SSSR count). The molecular formula is C8H19NOS. The van der Waals surface area contributed by atoms with Crippen LogP contribution in [0.15, 0.2) is 0 Å². The van der Waals surface area contributed by atoms with E-state index in [0.717, 1.165) is 26.3 Å². The Morgan fingerprint density at radius 2 is 1.73 bits per heavy atom. The van der Waals surface area contributed by atoms with Crippen LogP contribution in [-0.4, -0.2) is 55.8 Å². The summed E-state index contributed by atoms with van der Waals surface area (Å²) in [6.07, 6.45) is 7.09. The molecule has 3 heteroatoms. The van der Waals surface area contributed by atoms with E-state index in [4.69, 9.17) is 4.74 Å². The Morgan fingerprint density at radius 3 is 2.18 bits per heavy atom. The molecule has 1 aliphatic rings. The van der Waals surface area contributed by atoms with Gasteiger partial charge < -0.3 is 4.74 Å². The summed E-state index contributed by atoms with van der Waals surface area (Å²) in [5.41, 5.74) is 0. The predicted octanol–water partition coefficient (Wildman–Crippen LogP) is 0.970. The largest absolute Gasteiger partial charge is 0.379 e. The number of hydrogen-bond donors (Lipinski definition) is 0. The zero-order valence-electron chi connectivity index (χ0n) is 7.80. The molecule has 0 aromatic carbocycles. The molecular weight excluding hydrogens is 158 g/mol. The monoisotopic (exact) mass is 177 g/mol. The van der Waals surface area contributed by atoms with Gasteiger partial charge in [-0.15, -0.1) is 0 Å². The van der Waals surface area contributed by atoms with Gasteiger partial charge in [0.25, 0.3) is 0 Å². The average Bonchev–Trinajstić information content (AvgIpc) is 1.85. The van der Waals surface area contributed by atoms with Gasteiger partial charge in [-0.25, -0.2) is 10.0 Å². The van der Waals surface area contributed by atoms with E-state index in [1.807, 2.05) is 0 Å². The van der Waals surface area contributed by atoms with Gasteiger partial charge in [0, 0.05) is 19.0 Å². The van der Waals surface area contributed by atoms with Gasteiger partial charge in [0.2, 0.25) is 0 Å². The van der Waals surface area contributed by atoms with Crippen LogP contribution in [0.25, 0.3) is 0 Å². The highest BCUT2D eigenvalue weighted by Crippen LogP contribution is 2.35. The highest BCUT2D eigenvalue weighted by molar-refractivity contribution is 8.32. The summed E-state index contributed by atoms with van der Waals surface area (Å²) in [5, 5.41) is 0. The average molecular weight is 177 g/mol. The number of nitrogens with zero attached hydrogens (tertiary/aromatic N) is 1. The van der Waals surface area contributed by atoms with E-state index < -0.39 is 0 Å². The first-order valence-electron chi connectivity index (χ1n) is 4.04. The number of rotatable bonds is 2. The van der Waals surface area contributed by atoms with E-state index in [1.54, 1.807) is 0 Å². The molecule has 0 N–H and O–H groups in total. The molecule has 0 radical (unpaired) electrons. The van der Waals surface area contributed by atoms with Crippen molar-refractivity contribution in [2.24, 2.45) is 0 Å². The summed E-state index contributed by atoms with van der Waals surface area (Å²) >= 11 is 0. The van der Waals surface area contributed by atoms with Crippen LogP contribution in [0.3, 0.4) is 0 Å². The van der Waals surface area contributed by atoms with Gasteiger partial charge in [-0.2, -0.15) is 0 Å². The molecule has 68 valence electrons. The van der Waals surface area contributed by atoms with Gasteiger partial charge >= 0.3 is 0 Å². The first-order chi connectivity index (χ1) is 5.08. The maximum atomic E-state index is 5.28. The van der Waals surface area contributed by atoms with Gasteiger partial charge in [0.05, 0.1) is 13.2 Å². The molecule has 0 aliphatic carbocycles. The molecule has 2 nitrogen and oxygen atoms in total. The zero-order chi connectivity index (χ0) is 8.32. The molecule has 1 fully saturated rings. The smallest absolute Gasteiger partial charge is 0.0594 e. The minimum absolute atomic E-state index is 0.353. The Bertz CT molecular complexity index is 116. The van der Waals surface area contributed by atoms with Crippen LogP contribution in [-0.2, 0) is 4.74 Å². The fraction of sp³-hybridized carbons (Fsp3) is 1.00. The molecule has 0 aromatic rings. The first kappa shape index (κ1) is 9.36. The van der Waals surface area contributed by atoms with E-state index in [0.29, 0.717) is 0 Å². The Balaban J connectivity index is 2.24. The molecule has 1 saturated heterocycles. The SMILES string of the molecule is CS(C)(C)CN1CCOCC1. The van der Waals surface area contributed by atoms with Crippen LogP contribution in [0.2, 0.25) is 0 Å². The van der Waals surface area contributed by atoms with Crippen molar-refractivity contribution in [2.75, 3.05) is 50.9 Å². The lowest BCUT2D eigenvalue weighted by Crippen LogP contribution is -2.38. The summed E-state index contributed by atoms with van der Waals surface area (Å²) in [5.74, 6) is 1.27. The van der Waals surface area contributed by atoms with Gasteiger partial charge in [-0.1, -0.05) is 0 Å². The van der Waals surface area contributed by atoms with Gasteiger partial charge in [-0.3, -0.25) is 4.90 Å². The van der Waals surface area contributed by atoms with Crippen LogP contribution in [0.1, 0.15) is 0 Å². The molecule has 0 saturated carbocycles. The van der Waals surface area contributed by atoms with Crippen molar-refractivity contribution >= 4 is 10.0 Å². The number of morpholine rings is 1. The Morgan fingerprint density at radius 1 is 1.18 bits per heavy atom. The van der Waals surface area contributed by atoms with Crippen molar-refractivity contribution in [1.82, 2.24) is 4.90 Å². The third-order valence-electron chi connectivity index (χ3n) is 1.67. The lowest BCUT2D eigenvalue weighted by Gasteiger charge is -2.35. The Labute approximate surface area is 71.2 Å². The van der Waals surface area contributed by atoms with E-state index in [2.05, 4.69) is 23.7 Å². The highest BCUT2D eigenvalue weighted by atomic mass is 32.3. The zero-order valence-corrected chi connectivity index (χ0v) is 8.62. The molecule has 0 unspecified atom stereocenters. The van der Waals surface area contributed by atoms with Crippen LogP contribution in [0, 0.1) is 0 Å². The predicted molar refractivity (Wildman–Crippen MR) is 52.6 cm³/mol. The van der Waals surface area contributed by atoms with E-state index >= 15 is 0 Å². The number of hydrogen-bond acceptors (Lipinski definition) is 2. The first-order valence-corrected chi connectivity index (χ1v) is 7.07. The van der Waals surface area contributed by atoms with Crippen molar-refractivity contribution < 1.29 is 4.74 Å². The molecule has 0 atom stereocenters. The lowest BCUT2D eigenvalue weighted by atomic mass is 10.5. The fourth-order valence-electron chi connectivity index (χ4n) is 1.28. The second-order valence-corrected chi connectivity index (χ2v) is 8.39. The van der Waals surface area contributed by atoms with Crippen LogP contribution in [0.5, 0.6) is 0 Å². The molecule has 0 bridgehead atoms. The van der Waals surface area contributed by atoms with Crippen molar-refractivity contribution in [1.29, 1.82) is 0 Å². The maximum absolute atomic E-state index is 5.28. The Kier molecular flexibility index (Phi) is 3.22. The minimum atomic E-state index is -0.353. The second kappa shape index (κ2) is 3.78.